The summed E-state index contributed by atoms with van der Waals surface area (Å²) in [5, 5.41) is 0. The number of pyridine rings is 8. The minimum atomic E-state index is -0.0544. The molecule has 16 heterocycles. The molecule has 0 aromatic carbocycles. The number of likely N-dealkylation sites (tertiary alicyclic amines) is 4. The van der Waals surface area contributed by atoms with Gasteiger partial charge < -0.3 is 52.2 Å². The highest BCUT2D eigenvalue weighted by molar-refractivity contribution is 6.02. The van der Waals surface area contributed by atoms with E-state index in [9.17, 15) is 19.2 Å². The number of aromatic nitrogens is 16. The van der Waals surface area contributed by atoms with Crippen LogP contribution >= 0.6 is 0 Å². The van der Waals surface area contributed by atoms with E-state index in [1.165, 1.54) is 0 Å². The summed E-state index contributed by atoms with van der Waals surface area (Å²) in [6.45, 7) is 16.9. The molecule has 0 N–H and O–H groups in total. The van der Waals surface area contributed by atoms with Crippen molar-refractivity contribution < 1.29 is 38.1 Å². The fourth-order valence-electron chi connectivity index (χ4n) is 18.4. The lowest BCUT2D eigenvalue weighted by Crippen LogP contribution is -2.47. The van der Waals surface area contributed by atoms with Crippen LogP contribution in [-0.4, -0.2) is 196 Å². The van der Waals surface area contributed by atoms with E-state index < -0.39 is 0 Å². The molecule has 4 saturated heterocycles. The van der Waals surface area contributed by atoms with Gasteiger partial charge in [-0.25, -0.2) is 44.9 Å². The number of hydrogen-bond acceptors (Lipinski definition) is 21. The molecule has 28 heteroatoms. The van der Waals surface area contributed by atoms with Gasteiger partial charge in [-0.1, -0.05) is 24.3 Å². The van der Waals surface area contributed by atoms with Crippen molar-refractivity contribution in [1.82, 2.24) is 98.1 Å². The molecular weight excluding hydrogens is 1500 g/mol. The van der Waals surface area contributed by atoms with Gasteiger partial charge in [0.25, 0.3) is 23.6 Å². The fraction of sp³-hybridized carbons (Fsp3) is 0.374. The van der Waals surface area contributed by atoms with Crippen molar-refractivity contribution in [1.29, 1.82) is 0 Å². The van der Waals surface area contributed by atoms with Crippen molar-refractivity contribution in [3.8, 4) is 69.1 Å². The first-order valence-corrected chi connectivity index (χ1v) is 40.8. The molecule has 8 bridgehead atoms. The van der Waals surface area contributed by atoms with E-state index >= 15 is 0 Å². The summed E-state index contributed by atoms with van der Waals surface area (Å²) in [5.74, 6) is 6.85. The molecule has 4 aliphatic heterocycles. The molecule has 4 amide bonds. The maximum absolute atomic E-state index is 13.6. The third-order valence-corrected chi connectivity index (χ3v) is 24.1. The summed E-state index contributed by atoms with van der Waals surface area (Å²) in [4.78, 5) is 119. The Morgan fingerprint density at radius 2 is 0.647 bits per heavy atom. The number of rotatable bonds is 16. The Hall–Kier alpha value is -13.0. The highest BCUT2D eigenvalue weighted by Gasteiger charge is 2.53. The topological polar surface area (TPSA) is 301 Å². The SMILES string of the molecule is Cc1ccc(OC2CC3CC2N(C(=O)c2cnc(C)cc2-c2ncccn2)C3)nc1.Cc1ccc(OC2CC3CC2N(C(=O)c2ncc(C)cc2-c2nccn2C)C3)nc1.Cc1ccc(OC2CC3CC2N(C(=O)c2ncc(C)cc2-c2nccn2C)C3)nc1.Cc1ccc(OC2CC3CC2N(C(=O)c2ncccc2-c2nccn2C)C3)nc1. The van der Waals surface area contributed by atoms with Crippen molar-refractivity contribution in [3.05, 3.63) is 246 Å². The molecule has 4 saturated carbocycles. The van der Waals surface area contributed by atoms with Crippen LogP contribution in [0.4, 0.5) is 0 Å². The minimum absolute atomic E-state index is 0.0340. The maximum atomic E-state index is 13.6. The number of hydrogen-bond donors (Lipinski definition) is 0. The van der Waals surface area contributed by atoms with Crippen LogP contribution in [0.2, 0.25) is 0 Å². The van der Waals surface area contributed by atoms with Crippen molar-refractivity contribution >= 4 is 23.6 Å². The standard InChI is InChI=1S/2C23H25N5O2.C23H23N5O2.C22H23N5O2/c2*1-14-4-5-20(25-11-14)30-19-10-16-9-18(19)28(13-16)23(29)21-17(8-15(2)12-26-21)22-24-6-7-27(22)3;1-14-4-5-21(27-11-14)30-20-10-16-9-19(20)28(13-16)23(29)18-12-26-15(2)8-17(18)22-24-6-3-7-25-22;1-14-5-6-19(25-12-14)29-18-11-15-10-17(18)27(13-15)22(28)20-16(4-3-7-23-20)21-24-8-9-26(21)2/h2*4-8,11-12,16,18-19H,9-10,13H2,1-3H3;3-8,11-12,16,19-20H,9-10,13H2,1-2H3;3-9,12,15,17-18H,10-11,13H2,1-2H3. The molecule has 0 spiro atoms. The second-order valence-corrected chi connectivity index (χ2v) is 33.0. The van der Waals surface area contributed by atoms with Crippen LogP contribution < -0.4 is 18.9 Å². The second-order valence-electron chi connectivity index (χ2n) is 33.0. The number of fused-ring (bicyclic) bond motifs is 8. The molecule has 8 fully saturated rings. The van der Waals surface area contributed by atoms with Gasteiger partial charge in [0.1, 0.15) is 59.0 Å². The Morgan fingerprint density at radius 1 is 0.311 bits per heavy atom. The number of aryl methyl sites for hydroxylation is 10. The fourth-order valence-corrected chi connectivity index (χ4v) is 18.4. The maximum Gasteiger partial charge on any atom is 0.273 e. The van der Waals surface area contributed by atoms with E-state index in [1.807, 2.05) is 200 Å². The van der Waals surface area contributed by atoms with Gasteiger partial charge in [0, 0.05) is 199 Å². The molecule has 119 heavy (non-hydrogen) atoms. The summed E-state index contributed by atoms with van der Waals surface area (Å²) in [7, 11) is 5.77. The van der Waals surface area contributed by atoms with Crippen LogP contribution in [0.1, 0.15) is 132 Å². The Balaban J connectivity index is 0.000000113. The molecule has 20 rings (SSSR count). The van der Waals surface area contributed by atoms with E-state index in [1.54, 1.807) is 86.6 Å². The van der Waals surface area contributed by atoms with Gasteiger partial charge in [0.2, 0.25) is 23.5 Å². The predicted octanol–water partition coefficient (Wildman–Crippen LogP) is 12.5. The van der Waals surface area contributed by atoms with Crippen LogP contribution in [0.5, 0.6) is 23.5 Å². The number of piperidine rings is 4. The first kappa shape index (κ1) is 78.5. The number of imidazole rings is 3. The average molecular weight is 1600 g/mol. The highest BCUT2D eigenvalue weighted by Crippen LogP contribution is 2.46. The van der Waals surface area contributed by atoms with Gasteiger partial charge in [-0.2, -0.15) is 0 Å². The molecule has 12 atom stereocenters. The number of amides is 4. The van der Waals surface area contributed by atoms with E-state index in [-0.39, 0.29) is 72.2 Å². The molecule has 12 aromatic heterocycles. The average Bonchev–Trinajstić information content (AvgIpc) is 1.63. The predicted molar refractivity (Wildman–Crippen MR) is 443 cm³/mol. The summed E-state index contributed by atoms with van der Waals surface area (Å²) in [6, 6.07) is 27.1. The number of nitrogens with zero attached hydrogens (tertiary/aromatic N) is 20. The summed E-state index contributed by atoms with van der Waals surface area (Å²) >= 11 is 0. The Morgan fingerprint density at radius 3 is 0.983 bits per heavy atom. The minimum Gasteiger partial charge on any atom is -0.472 e. The van der Waals surface area contributed by atoms with Crippen molar-refractivity contribution in [2.24, 2.45) is 44.8 Å². The van der Waals surface area contributed by atoms with Crippen molar-refractivity contribution in [2.45, 2.75) is 148 Å². The number of carbonyl (C=O) groups is 4. The molecular formula is C91H96N20O8. The van der Waals surface area contributed by atoms with Crippen molar-refractivity contribution in [2.75, 3.05) is 26.2 Å². The zero-order valence-corrected chi connectivity index (χ0v) is 68.4. The lowest BCUT2D eigenvalue weighted by Gasteiger charge is -2.33. The monoisotopic (exact) mass is 1600 g/mol. The van der Waals surface area contributed by atoms with Gasteiger partial charge in [0.05, 0.1) is 29.7 Å². The highest BCUT2D eigenvalue weighted by atomic mass is 16.5. The molecule has 12 unspecified atom stereocenters. The third kappa shape index (κ3) is 16.6. The largest absolute Gasteiger partial charge is 0.472 e. The molecule has 4 aliphatic carbocycles. The normalized spacial score (nSPS) is 22.5. The Kier molecular flexibility index (Phi) is 22.1. The Bertz CT molecular complexity index is 5510. The van der Waals surface area contributed by atoms with E-state index in [0.29, 0.717) is 81.2 Å². The van der Waals surface area contributed by atoms with Crippen LogP contribution in [0.25, 0.3) is 45.6 Å². The quantitative estimate of drug-likeness (QED) is 0.0868. The van der Waals surface area contributed by atoms with Gasteiger partial charge in [-0.3, -0.25) is 39.1 Å². The molecule has 8 aliphatic rings. The summed E-state index contributed by atoms with van der Waals surface area (Å²) in [6.07, 6.45) is 35.7. The first-order valence-electron chi connectivity index (χ1n) is 40.8. The van der Waals surface area contributed by atoms with Crippen molar-refractivity contribution in [3.63, 3.8) is 0 Å². The number of carbonyl (C=O) groups excluding carboxylic acids is 4. The lowest BCUT2D eigenvalue weighted by molar-refractivity contribution is 0.0459. The number of ether oxygens (including phenoxy) is 4. The van der Waals surface area contributed by atoms with Crippen LogP contribution in [-0.2, 0) is 21.1 Å². The van der Waals surface area contributed by atoms with E-state index in [4.69, 9.17) is 18.9 Å². The van der Waals surface area contributed by atoms with Gasteiger partial charge in [-0.15, -0.1) is 0 Å². The van der Waals surface area contributed by atoms with Gasteiger partial charge >= 0.3 is 0 Å². The summed E-state index contributed by atoms with van der Waals surface area (Å²) in [5.41, 5.74) is 12.1. The first-order chi connectivity index (χ1) is 57.7. The third-order valence-electron chi connectivity index (χ3n) is 24.1. The molecule has 28 nitrogen and oxygen atoms in total. The molecule has 608 valence electrons. The molecule has 0 radical (unpaired) electrons. The molecule has 12 aromatic rings. The zero-order valence-electron chi connectivity index (χ0n) is 68.4. The second kappa shape index (κ2) is 33.5. The lowest BCUT2D eigenvalue weighted by atomic mass is 10.0. The van der Waals surface area contributed by atoms with Crippen LogP contribution in [0.15, 0.2) is 184 Å². The van der Waals surface area contributed by atoms with Gasteiger partial charge in [0.15, 0.2) is 5.82 Å². The van der Waals surface area contributed by atoms with Crippen LogP contribution in [0, 0.1) is 72.1 Å². The van der Waals surface area contributed by atoms with Crippen LogP contribution in [0.3, 0.4) is 0 Å². The zero-order chi connectivity index (χ0) is 82.3. The van der Waals surface area contributed by atoms with E-state index in [0.717, 1.165) is 151 Å². The summed E-state index contributed by atoms with van der Waals surface area (Å²) < 4.78 is 30.4. The Labute approximate surface area is 690 Å². The smallest absolute Gasteiger partial charge is 0.273 e. The van der Waals surface area contributed by atoms with E-state index in [2.05, 4.69) is 64.8 Å². The van der Waals surface area contributed by atoms with Gasteiger partial charge in [-0.05, 0) is 193 Å².